The van der Waals surface area contributed by atoms with Crippen LogP contribution in [0.25, 0.3) is 16.7 Å². The van der Waals surface area contributed by atoms with E-state index < -0.39 is 0 Å². The van der Waals surface area contributed by atoms with E-state index in [1.165, 1.54) is 11.1 Å². The van der Waals surface area contributed by atoms with Gasteiger partial charge >= 0.3 is 0 Å². The molecule has 0 aliphatic rings. The van der Waals surface area contributed by atoms with Crippen LogP contribution in [0.3, 0.4) is 0 Å². The number of hydrogen-bond donors (Lipinski definition) is 0. The number of fused-ring (bicyclic) bond motifs is 1. The zero-order valence-corrected chi connectivity index (χ0v) is 15.7. The van der Waals surface area contributed by atoms with Gasteiger partial charge in [-0.2, -0.15) is 4.68 Å². The van der Waals surface area contributed by atoms with Gasteiger partial charge in [0.2, 0.25) is 5.16 Å². The second kappa shape index (κ2) is 6.84. The molecule has 0 bridgehead atoms. The Bertz CT molecular complexity index is 1090. The van der Waals surface area contributed by atoms with Crippen molar-refractivity contribution in [3.05, 3.63) is 65.0 Å². The van der Waals surface area contributed by atoms with E-state index in [0.717, 1.165) is 33.3 Å². The number of nitrogens with zero attached hydrogens (tertiary/aromatic N) is 6. The van der Waals surface area contributed by atoms with Crippen molar-refractivity contribution in [1.82, 2.24) is 30.2 Å². The minimum atomic E-state index is 0.662. The van der Waals surface area contributed by atoms with Gasteiger partial charge in [0, 0.05) is 5.75 Å². The maximum absolute atomic E-state index is 4.74. The van der Waals surface area contributed by atoms with Crippen molar-refractivity contribution in [3.63, 3.8) is 0 Å². The summed E-state index contributed by atoms with van der Waals surface area (Å²) in [5, 5.41) is 12.9. The Labute approximate surface area is 155 Å². The predicted octanol–water partition coefficient (Wildman–Crippen LogP) is 3.82. The number of para-hydroxylation sites is 2. The normalized spacial score (nSPS) is 11.2. The van der Waals surface area contributed by atoms with E-state index in [0.29, 0.717) is 5.75 Å². The van der Waals surface area contributed by atoms with Crippen LogP contribution in [0.15, 0.2) is 47.6 Å². The fourth-order valence-corrected chi connectivity index (χ4v) is 3.58. The van der Waals surface area contributed by atoms with E-state index in [4.69, 9.17) is 4.98 Å². The Morgan fingerprint density at radius 1 is 0.923 bits per heavy atom. The minimum absolute atomic E-state index is 0.662. The third-order valence-corrected chi connectivity index (χ3v) is 5.29. The van der Waals surface area contributed by atoms with Gasteiger partial charge < -0.3 is 0 Å². The lowest BCUT2D eigenvalue weighted by molar-refractivity contribution is 0.755. The molecule has 0 saturated carbocycles. The molecule has 7 heteroatoms. The van der Waals surface area contributed by atoms with Gasteiger partial charge in [0.05, 0.1) is 28.1 Å². The molecule has 0 saturated heterocycles. The smallest absolute Gasteiger partial charge is 0.214 e. The van der Waals surface area contributed by atoms with E-state index >= 15 is 0 Å². The molecule has 0 fully saturated rings. The average Bonchev–Trinajstić information content (AvgIpc) is 3.11. The molecular weight excluding hydrogens is 344 g/mol. The second-order valence-corrected chi connectivity index (χ2v) is 7.12. The first kappa shape index (κ1) is 16.7. The standard InChI is InChI=1S/C19H18N6S/c1-12-8-9-15(10-13(12)2)25-19(22-23-24-25)26-11-18-14(3)20-16-6-4-5-7-17(16)21-18/h4-10H,11H2,1-3H3. The van der Waals surface area contributed by atoms with Gasteiger partial charge in [-0.05, 0) is 66.6 Å². The molecule has 0 N–H and O–H groups in total. The van der Waals surface area contributed by atoms with Crippen LogP contribution in [0.2, 0.25) is 0 Å². The highest BCUT2D eigenvalue weighted by Crippen LogP contribution is 2.24. The maximum atomic E-state index is 4.74. The van der Waals surface area contributed by atoms with Crippen molar-refractivity contribution in [2.75, 3.05) is 0 Å². The molecule has 2 aromatic heterocycles. The second-order valence-electron chi connectivity index (χ2n) is 6.17. The Morgan fingerprint density at radius 2 is 1.69 bits per heavy atom. The summed E-state index contributed by atoms with van der Waals surface area (Å²) in [6, 6.07) is 14.1. The lowest BCUT2D eigenvalue weighted by Crippen LogP contribution is -2.01. The summed E-state index contributed by atoms with van der Waals surface area (Å²) in [5.74, 6) is 0.662. The van der Waals surface area contributed by atoms with Gasteiger partial charge in [-0.25, -0.2) is 9.97 Å². The maximum Gasteiger partial charge on any atom is 0.214 e. The molecule has 0 amide bonds. The number of benzene rings is 2. The van der Waals surface area contributed by atoms with Gasteiger partial charge in [-0.1, -0.05) is 30.0 Å². The number of thioether (sulfide) groups is 1. The van der Waals surface area contributed by atoms with Crippen molar-refractivity contribution in [2.45, 2.75) is 31.7 Å². The van der Waals surface area contributed by atoms with Crippen LogP contribution in [0.5, 0.6) is 0 Å². The number of aryl methyl sites for hydroxylation is 3. The highest BCUT2D eigenvalue weighted by Gasteiger charge is 2.12. The van der Waals surface area contributed by atoms with E-state index in [9.17, 15) is 0 Å². The minimum Gasteiger partial charge on any atom is -0.250 e. The van der Waals surface area contributed by atoms with Gasteiger partial charge in [0.25, 0.3) is 0 Å². The number of hydrogen-bond acceptors (Lipinski definition) is 6. The van der Waals surface area contributed by atoms with E-state index in [1.807, 2.05) is 37.3 Å². The van der Waals surface area contributed by atoms with E-state index in [2.05, 4.69) is 46.5 Å². The quantitative estimate of drug-likeness (QED) is 0.514. The van der Waals surface area contributed by atoms with Crippen LogP contribution in [0.4, 0.5) is 0 Å². The van der Waals surface area contributed by atoms with Crippen LogP contribution in [-0.4, -0.2) is 30.2 Å². The molecule has 0 radical (unpaired) electrons. The summed E-state index contributed by atoms with van der Waals surface area (Å²) in [5.41, 5.74) is 7.12. The molecule has 0 aliphatic carbocycles. The molecule has 0 spiro atoms. The highest BCUT2D eigenvalue weighted by molar-refractivity contribution is 7.98. The molecule has 4 aromatic rings. The number of aromatic nitrogens is 6. The molecule has 0 atom stereocenters. The molecule has 6 nitrogen and oxygen atoms in total. The van der Waals surface area contributed by atoms with Crippen molar-refractivity contribution in [3.8, 4) is 5.69 Å². The van der Waals surface area contributed by atoms with Gasteiger partial charge in [-0.3, -0.25) is 0 Å². The summed E-state index contributed by atoms with van der Waals surface area (Å²) in [7, 11) is 0. The van der Waals surface area contributed by atoms with Gasteiger partial charge in [0.1, 0.15) is 0 Å². The summed E-state index contributed by atoms with van der Waals surface area (Å²) < 4.78 is 1.76. The van der Waals surface area contributed by atoms with Crippen molar-refractivity contribution >= 4 is 22.8 Å². The topological polar surface area (TPSA) is 69.4 Å². The van der Waals surface area contributed by atoms with Crippen molar-refractivity contribution in [1.29, 1.82) is 0 Å². The molecule has 26 heavy (non-hydrogen) atoms. The van der Waals surface area contributed by atoms with Crippen molar-refractivity contribution in [2.24, 2.45) is 0 Å². The Morgan fingerprint density at radius 3 is 2.46 bits per heavy atom. The molecule has 2 aromatic carbocycles. The first-order valence-corrected chi connectivity index (χ1v) is 9.31. The highest BCUT2D eigenvalue weighted by atomic mass is 32.2. The SMILES string of the molecule is Cc1ccc(-n2nnnc2SCc2nc3ccccc3nc2C)cc1C. The summed E-state index contributed by atoms with van der Waals surface area (Å²) in [6.07, 6.45) is 0. The summed E-state index contributed by atoms with van der Waals surface area (Å²) in [6.45, 7) is 6.17. The third kappa shape index (κ3) is 3.17. The third-order valence-electron chi connectivity index (χ3n) is 4.36. The first-order valence-electron chi connectivity index (χ1n) is 8.33. The fraction of sp³-hybridized carbons (Fsp3) is 0.211. The summed E-state index contributed by atoms with van der Waals surface area (Å²) >= 11 is 1.56. The average molecular weight is 362 g/mol. The zero-order valence-electron chi connectivity index (χ0n) is 14.8. The Balaban J connectivity index is 1.60. The van der Waals surface area contributed by atoms with Gasteiger partial charge in [-0.15, -0.1) is 5.10 Å². The Hall–Kier alpha value is -2.80. The van der Waals surface area contributed by atoms with E-state index in [-0.39, 0.29) is 0 Å². The van der Waals surface area contributed by atoms with Crippen LogP contribution >= 0.6 is 11.8 Å². The van der Waals surface area contributed by atoms with Crippen LogP contribution in [0, 0.1) is 20.8 Å². The Kier molecular flexibility index (Phi) is 4.38. The molecule has 4 rings (SSSR count). The summed E-state index contributed by atoms with van der Waals surface area (Å²) in [4.78, 5) is 9.38. The number of tetrazole rings is 1. The fourth-order valence-electron chi connectivity index (χ4n) is 2.68. The largest absolute Gasteiger partial charge is 0.250 e. The predicted molar refractivity (Wildman–Crippen MR) is 102 cm³/mol. The van der Waals surface area contributed by atoms with Crippen LogP contribution < -0.4 is 0 Å². The lowest BCUT2D eigenvalue weighted by atomic mass is 10.1. The molecule has 130 valence electrons. The van der Waals surface area contributed by atoms with Crippen LogP contribution in [0.1, 0.15) is 22.5 Å². The monoisotopic (exact) mass is 362 g/mol. The zero-order chi connectivity index (χ0) is 18.1. The molecule has 0 aliphatic heterocycles. The van der Waals surface area contributed by atoms with Gasteiger partial charge in [0.15, 0.2) is 0 Å². The molecular formula is C19H18N6S. The van der Waals surface area contributed by atoms with E-state index in [1.54, 1.807) is 16.4 Å². The van der Waals surface area contributed by atoms with Crippen molar-refractivity contribution < 1.29 is 0 Å². The number of rotatable bonds is 4. The lowest BCUT2D eigenvalue weighted by Gasteiger charge is -2.08. The molecule has 0 unspecified atom stereocenters. The molecule has 2 heterocycles. The van der Waals surface area contributed by atoms with Crippen LogP contribution in [-0.2, 0) is 5.75 Å². The first-order chi connectivity index (χ1) is 12.6.